The van der Waals surface area contributed by atoms with E-state index in [4.69, 9.17) is 0 Å². The summed E-state index contributed by atoms with van der Waals surface area (Å²) in [6, 6.07) is 9.04. The number of nitrogens with one attached hydrogen (secondary N) is 1. The normalized spacial score (nSPS) is 25.9. The Morgan fingerprint density at radius 3 is 2.70 bits per heavy atom. The van der Waals surface area contributed by atoms with Gasteiger partial charge in [-0.2, -0.15) is 0 Å². The van der Waals surface area contributed by atoms with Crippen LogP contribution >= 0.6 is 0 Å². The van der Waals surface area contributed by atoms with E-state index in [2.05, 4.69) is 10.3 Å². The van der Waals surface area contributed by atoms with E-state index in [-0.39, 0.29) is 41.2 Å². The molecule has 2 amide bonds. The summed E-state index contributed by atoms with van der Waals surface area (Å²) >= 11 is 0. The summed E-state index contributed by atoms with van der Waals surface area (Å²) < 4.78 is 23.3. The van der Waals surface area contributed by atoms with E-state index in [0.29, 0.717) is 24.0 Å². The predicted molar refractivity (Wildman–Crippen MR) is 102 cm³/mol. The molecule has 2 aromatic rings. The molecular formula is C19H21N3O4S. The van der Waals surface area contributed by atoms with E-state index < -0.39 is 9.84 Å². The van der Waals surface area contributed by atoms with Gasteiger partial charge in [0.1, 0.15) is 0 Å². The van der Waals surface area contributed by atoms with Crippen LogP contribution in [-0.2, 0) is 19.4 Å². The molecule has 3 atom stereocenters. The third-order valence-corrected chi connectivity index (χ3v) is 7.19. The van der Waals surface area contributed by atoms with Crippen molar-refractivity contribution < 1.29 is 18.0 Å². The van der Waals surface area contributed by atoms with Crippen LogP contribution in [0.2, 0.25) is 0 Å². The van der Waals surface area contributed by atoms with Gasteiger partial charge < -0.3 is 10.2 Å². The van der Waals surface area contributed by atoms with Crippen LogP contribution in [0.5, 0.6) is 0 Å². The number of pyridine rings is 1. The number of fused-ring (bicyclic) bond motifs is 1. The Morgan fingerprint density at radius 1 is 1.19 bits per heavy atom. The molecular weight excluding hydrogens is 366 g/mol. The quantitative estimate of drug-likeness (QED) is 0.857. The lowest BCUT2D eigenvalue weighted by molar-refractivity contribution is -0.134. The van der Waals surface area contributed by atoms with Gasteiger partial charge in [0.05, 0.1) is 34.5 Å². The van der Waals surface area contributed by atoms with Gasteiger partial charge in [0.25, 0.3) is 0 Å². The molecule has 3 unspecified atom stereocenters. The maximum atomic E-state index is 12.6. The molecule has 2 aliphatic rings. The molecule has 1 aliphatic heterocycles. The number of carbonyl (C=O) groups is 2. The molecule has 1 saturated heterocycles. The molecule has 2 heterocycles. The van der Waals surface area contributed by atoms with Crippen LogP contribution in [0.1, 0.15) is 12.8 Å². The van der Waals surface area contributed by atoms with Crippen LogP contribution in [0.15, 0.2) is 36.5 Å². The van der Waals surface area contributed by atoms with Crippen molar-refractivity contribution in [1.82, 2.24) is 9.88 Å². The number of anilines is 1. The number of carbonyl (C=O) groups excluding carboxylic acids is 2. The smallest absolute Gasteiger partial charge is 0.228 e. The Hall–Kier alpha value is -2.48. The largest absolute Gasteiger partial charge is 0.341 e. The van der Waals surface area contributed by atoms with Crippen molar-refractivity contribution in [1.29, 1.82) is 0 Å². The summed E-state index contributed by atoms with van der Waals surface area (Å²) in [5, 5.41) is 3.82. The van der Waals surface area contributed by atoms with Gasteiger partial charge in [-0.05, 0) is 25.0 Å². The van der Waals surface area contributed by atoms with E-state index >= 15 is 0 Å². The number of rotatable bonds is 4. The molecule has 1 N–H and O–H groups in total. The summed E-state index contributed by atoms with van der Waals surface area (Å²) in [6.45, 7) is 0. The Morgan fingerprint density at radius 2 is 1.96 bits per heavy atom. The SMILES string of the molecule is CN(C(=O)C1CC1C(=O)Nc1cccc2cccnc12)C1CCS(=O)(=O)C1. The maximum Gasteiger partial charge on any atom is 0.228 e. The van der Waals surface area contributed by atoms with Gasteiger partial charge in [-0.1, -0.05) is 18.2 Å². The number of hydrogen-bond donors (Lipinski definition) is 1. The fraction of sp³-hybridized carbons (Fsp3) is 0.421. The Labute approximate surface area is 157 Å². The lowest BCUT2D eigenvalue weighted by Crippen LogP contribution is -2.39. The molecule has 1 aliphatic carbocycles. The highest BCUT2D eigenvalue weighted by Gasteiger charge is 2.50. The number of para-hydroxylation sites is 1. The first-order valence-corrected chi connectivity index (χ1v) is 10.8. The zero-order valence-electron chi connectivity index (χ0n) is 15.0. The van der Waals surface area contributed by atoms with Gasteiger partial charge in [-0.15, -0.1) is 0 Å². The van der Waals surface area contributed by atoms with Crippen LogP contribution in [0.25, 0.3) is 10.9 Å². The predicted octanol–water partition coefficient (Wildman–Crippen LogP) is 1.45. The van der Waals surface area contributed by atoms with Crippen LogP contribution < -0.4 is 5.32 Å². The summed E-state index contributed by atoms with van der Waals surface area (Å²) in [6.07, 6.45) is 2.63. The van der Waals surface area contributed by atoms with Crippen molar-refractivity contribution >= 4 is 38.2 Å². The highest BCUT2D eigenvalue weighted by molar-refractivity contribution is 7.91. The molecule has 1 aromatic carbocycles. The third kappa shape index (κ3) is 3.53. The van der Waals surface area contributed by atoms with E-state index in [0.717, 1.165) is 5.39 Å². The Bertz CT molecular complexity index is 1020. The van der Waals surface area contributed by atoms with Gasteiger partial charge in [-0.3, -0.25) is 14.6 Å². The molecule has 8 heteroatoms. The molecule has 4 rings (SSSR count). The third-order valence-electron chi connectivity index (χ3n) is 5.44. The topological polar surface area (TPSA) is 96.4 Å². The van der Waals surface area contributed by atoms with Crippen LogP contribution in [-0.4, -0.2) is 54.7 Å². The van der Waals surface area contributed by atoms with Crippen molar-refractivity contribution in [2.24, 2.45) is 11.8 Å². The van der Waals surface area contributed by atoms with Crippen molar-refractivity contribution in [3.05, 3.63) is 36.5 Å². The second-order valence-corrected chi connectivity index (χ2v) is 9.55. The van der Waals surface area contributed by atoms with Gasteiger partial charge in [0.15, 0.2) is 9.84 Å². The van der Waals surface area contributed by atoms with E-state index in [1.54, 1.807) is 19.3 Å². The molecule has 0 spiro atoms. The lowest BCUT2D eigenvalue weighted by Gasteiger charge is -2.23. The maximum absolute atomic E-state index is 12.6. The highest BCUT2D eigenvalue weighted by atomic mass is 32.2. The molecule has 142 valence electrons. The van der Waals surface area contributed by atoms with Crippen molar-refractivity contribution in [3.8, 4) is 0 Å². The van der Waals surface area contributed by atoms with Crippen molar-refractivity contribution in [2.75, 3.05) is 23.9 Å². The van der Waals surface area contributed by atoms with Gasteiger partial charge in [0.2, 0.25) is 11.8 Å². The number of aromatic nitrogens is 1. The molecule has 0 bridgehead atoms. The van der Waals surface area contributed by atoms with Gasteiger partial charge >= 0.3 is 0 Å². The van der Waals surface area contributed by atoms with E-state index in [1.165, 1.54) is 4.90 Å². The molecule has 1 saturated carbocycles. The standard InChI is InChI=1S/C19H21N3O4S/c1-22(13-7-9-27(25,26)11-13)19(24)15-10-14(15)18(23)21-16-6-2-4-12-5-3-8-20-17(12)16/h2-6,8,13-15H,7,9-11H2,1H3,(H,21,23). The summed E-state index contributed by atoms with van der Waals surface area (Å²) in [5.41, 5.74) is 1.34. The van der Waals surface area contributed by atoms with Crippen molar-refractivity contribution in [3.63, 3.8) is 0 Å². The minimum absolute atomic E-state index is 0.0144. The summed E-state index contributed by atoms with van der Waals surface area (Å²) in [4.78, 5) is 31.0. The second kappa shape index (κ2) is 6.60. The van der Waals surface area contributed by atoms with E-state index in [1.807, 2.05) is 24.3 Å². The zero-order valence-corrected chi connectivity index (χ0v) is 15.8. The molecule has 0 radical (unpaired) electrons. The van der Waals surface area contributed by atoms with Gasteiger partial charge in [0, 0.05) is 24.7 Å². The highest BCUT2D eigenvalue weighted by Crippen LogP contribution is 2.41. The monoisotopic (exact) mass is 387 g/mol. The first-order chi connectivity index (χ1) is 12.9. The van der Waals surface area contributed by atoms with Crippen LogP contribution in [0, 0.1) is 11.8 Å². The number of nitrogens with zero attached hydrogens (tertiary/aromatic N) is 2. The number of sulfone groups is 1. The zero-order chi connectivity index (χ0) is 19.2. The Balaban J connectivity index is 1.41. The first-order valence-electron chi connectivity index (χ1n) is 8.97. The second-order valence-electron chi connectivity index (χ2n) is 7.32. The molecule has 27 heavy (non-hydrogen) atoms. The molecule has 7 nitrogen and oxygen atoms in total. The fourth-order valence-electron chi connectivity index (χ4n) is 3.71. The van der Waals surface area contributed by atoms with Crippen LogP contribution in [0.3, 0.4) is 0 Å². The average molecular weight is 387 g/mol. The molecule has 1 aromatic heterocycles. The number of hydrogen-bond acceptors (Lipinski definition) is 5. The summed E-state index contributed by atoms with van der Waals surface area (Å²) in [7, 11) is -1.42. The first kappa shape index (κ1) is 17.9. The van der Waals surface area contributed by atoms with E-state index in [9.17, 15) is 18.0 Å². The lowest BCUT2D eigenvalue weighted by atomic mass is 10.1. The number of amides is 2. The minimum Gasteiger partial charge on any atom is -0.341 e. The average Bonchev–Trinajstić information content (AvgIpc) is 3.37. The Kier molecular flexibility index (Phi) is 4.38. The number of benzene rings is 1. The summed E-state index contributed by atoms with van der Waals surface area (Å²) in [5.74, 6) is -0.955. The van der Waals surface area contributed by atoms with Gasteiger partial charge in [-0.25, -0.2) is 8.42 Å². The fourth-order valence-corrected chi connectivity index (χ4v) is 5.48. The van der Waals surface area contributed by atoms with Crippen LogP contribution in [0.4, 0.5) is 5.69 Å². The van der Waals surface area contributed by atoms with Crippen molar-refractivity contribution in [2.45, 2.75) is 18.9 Å². The minimum atomic E-state index is -3.05. The molecule has 2 fully saturated rings.